The van der Waals surface area contributed by atoms with E-state index in [1.54, 1.807) is 0 Å². The number of furan rings is 1. The summed E-state index contributed by atoms with van der Waals surface area (Å²) in [4.78, 5) is 10.2. The van der Waals surface area contributed by atoms with Gasteiger partial charge >= 0.3 is 0 Å². The highest BCUT2D eigenvalue weighted by atomic mass is 16.3. The van der Waals surface area contributed by atoms with Gasteiger partial charge in [-0.2, -0.15) is 0 Å². The SMILES string of the molecule is Cc1ccc2c(c1)c1cc(C)ccc1c1nc(-c3ccc(-c4cc5ccccc5c5c4oc4ccccc45)cc3)cnc21. The predicted molar refractivity (Wildman–Crippen MR) is 180 cm³/mol. The van der Waals surface area contributed by atoms with E-state index in [9.17, 15) is 0 Å². The summed E-state index contributed by atoms with van der Waals surface area (Å²) in [6.45, 7) is 4.28. The number of hydrogen-bond donors (Lipinski definition) is 0. The van der Waals surface area contributed by atoms with Gasteiger partial charge in [0.05, 0.1) is 22.9 Å². The van der Waals surface area contributed by atoms with Crippen molar-refractivity contribution in [2.24, 2.45) is 0 Å². The lowest BCUT2D eigenvalue weighted by atomic mass is 9.95. The second-order valence-corrected chi connectivity index (χ2v) is 11.6. The van der Waals surface area contributed by atoms with E-state index >= 15 is 0 Å². The molecule has 0 atom stereocenters. The molecule has 0 aliphatic carbocycles. The molecular formula is C40H26N2O. The molecule has 9 aromatic rings. The van der Waals surface area contributed by atoms with Crippen LogP contribution in [0.5, 0.6) is 0 Å². The minimum absolute atomic E-state index is 0.861. The molecule has 3 nitrogen and oxygen atoms in total. The highest BCUT2D eigenvalue weighted by Gasteiger charge is 2.17. The molecule has 0 fully saturated rings. The van der Waals surface area contributed by atoms with Crippen LogP contribution in [0.25, 0.3) is 87.7 Å². The summed E-state index contributed by atoms with van der Waals surface area (Å²) in [6, 6.07) is 40.9. The molecule has 0 bridgehead atoms. The summed E-state index contributed by atoms with van der Waals surface area (Å²) in [5.41, 5.74) is 10.3. The standard InChI is InChI=1S/C40H26N2O/c1-23-11-17-29-33(19-23)34-20-24(2)12-18-30(34)39-38(29)41-22-35(42-39)26-15-13-25(14-16-26)32-21-27-7-3-4-8-28(27)37-31-9-5-6-10-36(31)43-40(32)37/h3-22H,1-2H3. The summed E-state index contributed by atoms with van der Waals surface area (Å²) in [5, 5.41) is 9.43. The summed E-state index contributed by atoms with van der Waals surface area (Å²) >= 11 is 0. The average molecular weight is 551 g/mol. The van der Waals surface area contributed by atoms with Crippen LogP contribution in [0.1, 0.15) is 11.1 Å². The highest BCUT2D eigenvalue weighted by Crippen LogP contribution is 2.41. The van der Waals surface area contributed by atoms with Crippen LogP contribution in [0.15, 0.2) is 126 Å². The number of nitrogens with zero attached hydrogens (tertiary/aromatic N) is 2. The molecule has 0 N–H and O–H groups in total. The van der Waals surface area contributed by atoms with Crippen LogP contribution in [0.2, 0.25) is 0 Å². The molecule has 7 aromatic carbocycles. The first-order valence-electron chi connectivity index (χ1n) is 14.7. The Labute approximate surface area is 248 Å². The van der Waals surface area contributed by atoms with Gasteiger partial charge < -0.3 is 4.42 Å². The van der Waals surface area contributed by atoms with Crippen LogP contribution in [0, 0.1) is 13.8 Å². The van der Waals surface area contributed by atoms with Crippen molar-refractivity contribution in [1.29, 1.82) is 0 Å². The molecule has 0 aliphatic heterocycles. The van der Waals surface area contributed by atoms with Crippen LogP contribution >= 0.6 is 0 Å². The van der Waals surface area contributed by atoms with E-state index in [1.165, 1.54) is 32.7 Å². The van der Waals surface area contributed by atoms with Gasteiger partial charge in [0, 0.05) is 32.7 Å². The van der Waals surface area contributed by atoms with E-state index < -0.39 is 0 Å². The first-order valence-corrected chi connectivity index (χ1v) is 14.7. The number of aryl methyl sites for hydroxylation is 2. The Kier molecular flexibility index (Phi) is 5.03. The topological polar surface area (TPSA) is 38.9 Å². The smallest absolute Gasteiger partial charge is 0.143 e. The maximum atomic E-state index is 6.48. The second-order valence-electron chi connectivity index (χ2n) is 11.6. The maximum absolute atomic E-state index is 6.48. The lowest BCUT2D eigenvalue weighted by Gasteiger charge is -2.12. The largest absolute Gasteiger partial charge is 0.455 e. The third kappa shape index (κ3) is 3.61. The van der Waals surface area contributed by atoms with Gasteiger partial charge in [0.25, 0.3) is 0 Å². The third-order valence-corrected chi connectivity index (χ3v) is 8.78. The van der Waals surface area contributed by atoms with Crippen LogP contribution in [0.4, 0.5) is 0 Å². The van der Waals surface area contributed by atoms with Gasteiger partial charge in [-0.05, 0) is 53.1 Å². The van der Waals surface area contributed by atoms with E-state index in [4.69, 9.17) is 14.4 Å². The Morgan fingerprint density at radius 3 is 1.95 bits per heavy atom. The Balaban J connectivity index is 1.22. The summed E-state index contributed by atoms with van der Waals surface area (Å²) in [7, 11) is 0. The second kappa shape index (κ2) is 8.98. The van der Waals surface area contributed by atoms with Crippen molar-refractivity contribution < 1.29 is 4.42 Å². The zero-order valence-electron chi connectivity index (χ0n) is 23.8. The molecule has 2 aromatic heterocycles. The van der Waals surface area contributed by atoms with Crippen LogP contribution in [-0.4, -0.2) is 9.97 Å². The van der Waals surface area contributed by atoms with Crippen LogP contribution in [0.3, 0.4) is 0 Å². The number of aromatic nitrogens is 2. The van der Waals surface area contributed by atoms with E-state index in [1.807, 2.05) is 18.3 Å². The summed E-state index contributed by atoms with van der Waals surface area (Å²) in [5.74, 6) is 0. The van der Waals surface area contributed by atoms with E-state index in [2.05, 4.69) is 117 Å². The van der Waals surface area contributed by atoms with Gasteiger partial charge in [-0.15, -0.1) is 0 Å². The molecule has 2 heterocycles. The van der Waals surface area contributed by atoms with Crippen molar-refractivity contribution in [3.63, 3.8) is 0 Å². The first-order chi connectivity index (χ1) is 21.1. The first kappa shape index (κ1) is 24.1. The van der Waals surface area contributed by atoms with Gasteiger partial charge in [-0.25, -0.2) is 4.98 Å². The van der Waals surface area contributed by atoms with Crippen molar-refractivity contribution in [3.8, 4) is 22.4 Å². The van der Waals surface area contributed by atoms with Crippen molar-refractivity contribution >= 4 is 65.3 Å². The quantitative estimate of drug-likeness (QED) is 0.201. The molecule has 0 saturated heterocycles. The van der Waals surface area contributed by atoms with Crippen molar-refractivity contribution in [1.82, 2.24) is 9.97 Å². The zero-order valence-corrected chi connectivity index (χ0v) is 23.8. The molecule has 0 amide bonds. The lowest BCUT2D eigenvalue weighted by Crippen LogP contribution is -1.93. The number of benzene rings is 7. The van der Waals surface area contributed by atoms with Crippen LogP contribution < -0.4 is 0 Å². The fraction of sp³-hybridized carbons (Fsp3) is 0.0500. The van der Waals surface area contributed by atoms with Gasteiger partial charge in [0.15, 0.2) is 0 Å². The van der Waals surface area contributed by atoms with E-state index in [0.717, 1.165) is 66.1 Å². The molecule has 3 heteroatoms. The Morgan fingerprint density at radius 1 is 0.535 bits per heavy atom. The van der Waals surface area contributed by atoms with Crippen molar-refractivity contribution in [2.75, 3.05) is 0 Å². The molecular weight excluding hydrogens is 524 g/mol. The molecule has 0 aliphatic rings. The number of rotatable bonds is 2. The van der Waals surface area contributed by atoms with E-state index in [-0.39, 0.29) is 0 Å². The van der Waals surface area contributed by atoms with Gasteiger partial charge in [0.2, 0.25) is 0 Å². The third-order valence-electron chi connectivity index (χ3n) is 8.78. The monoisotopic (exact) mass is 550 g/mol. The highest BCUT2D eigenvalue weighted by molar-refractivity contribution is 6.24. The normalized spacial score (nSPS) is 12.0. The molecule has 202 valence electrons. The molecule has 43 heavy (non-hydrogen) atoms. The molecule has 0 saturated carbocycles. The average Bonchev–Trinajstić information content (AvgIpc) is 3.44. The molecule has 0 radical (unpaired) electrons. The van der Waals surface area contributed by atoms with Gasteiger partial charge in [0.1, 0.15) is 11.2 Å². The summed E-state index contributed by atoms with van der Waals surface area (Å²) < 4.78 is 6.48. The fourth-order valence-corrected chi connectivity index (χ4v) is 6.70. The molecule has 9 rings (SSSR count). The van der Waals surface area contributed by atoms with Crippen molar-refractivity contribution in [3.05, 3.63) is 133 Å². The number of para-hydroxylation sites is 1. The van der Waals surface area contributed by atoms with Gasteiger partial charge in [-0.3, -0.25) is 4.98 Å². The van der Waals surface area contributed by atoms with Crippen LogP contribution in [-0.2, 0) is 0 Å². The zero-order chi connectivity index (χ0) is 28.7. The molecule has 0 unspecified atom stereocenters. The lowest BCUT2D eigenvalue weighted by molar-refractivity contribution is 0.670. The minimum Gasteiger partial charge on any atom is -0.455 e. The number of hydrogen-bond acceptors (Lipinski definition) is 3. The maximum Gasteiger partial charge on any atom is 0.143 e. The van der Waals surface area contributed by atoms with Crippen molar-refractivity contribution in [2.45, 2.75) is 13.8 Å². The Morgan fingerprint density at radius 2 is 1.19 bits per heavy atom. The Hall–Kier alpha value is -5.54. The number of fused-ring (bicyclic) bond motifs is 11. The van der Waals surface area contributed by atoms with E-state index in [0.29, 0.717) is 0 Å². The van der Waals surface area contributed by atoms with Gasteiger partial charge in [-0.1, -0.05) is 114 Å². The minimum atomic E-state index is 0.861. The summed E-state index contributed by atoms with van der Waals surface area (Å²) in [6.07, 6.45) is 1.91. The molecule has 0 spiro atoms. The fourth-order valence-electron chi connectivity index (χ4n) is 6.70. The predicted octanol–water partition coefficient (Wildman–Crippen LogP) is 10.9. The Bertz CT molecular complexity index is 2580.